The van der Waals surface area contributed by atoms with Gasteiger partial charge in [-0.25, -0.2) is 4.79 Å². The molecule has 2 aromatic carbocycles. The van der Waals surface area contributed by atoms with Crippen LogP contribution in [0.15, 0.2) is 24.3 Å². The molecule has 0 N–H and O–H groups in total. The standard InChI is InChI=1S/C21H22O3/c1-3-23-21(22)19-18-15(11-10-14-7-4-5-8-17(14)18)13(2)16-9-6-12-24-20(16)19/h4-5,7-8H,3,6,9-12H2,1-2H3. The molecule has 0 spiro atoms. The van der Waals surface area contributed by atoms with Crippen LogP contribution in [0.3, 0.4) is 0 Å². The summed E-state index contributed by atoms with van der Waals surface area (Å²) in [6.45, 7) is 5.06. The molecule has 4 rings (SSSR count). The first-order chi connectivity index (χ1) is 11.7. The molecular formula is C21H22O3. The first-order valence-corrected chi connectivity index (χ1v) is 8.78. The Balaban J connectivity index is 2.06. The van der Waals surface area contributed by atoms with Gasteiger partial charge in [0.15, 0.2) is 0 Å². The van der Waals surface area contributed by atoms with Crippen molar-refractivity contribution in [3.8, 4) is 16.9 Å². The van der Waals surface area contributed by atoms with E-state index < -0.39 is 0 Å². The monoisotopic (exact) mass is 322 g/mol. The van der Waals surface area contributed by atoms with Crippen molar-refractivity contribution in [1.82, 2.24) is 0 Å². The Morgan fingerprint density at radius 2 is 2.00 bits per heavy atom. The summed E-state index contributed by atoms with van der Waals surface area (Å²) in [5.74, 6) is 0.497. The van der Waals surface area contributed by atoms with Crippen LogP contribution in [0.5, 0.6) is 5.75 Å². The second kappa shape index (κ2) is 5.97. The van der Waals surface area contributed by atoms with E-state index >= 15 is 0 Å². The lowest BCUT2D eigenvalue weighted by Crippen LogP contribution is -2.20. The maximum atomic E-state index is 12.8. The lowest BCUT2D eigenvalue weighted by atomic mass is 9.78. The maximum Gasteiger partial charge on any atom is 0.342 e. The molecule has 1 heterocycles. The average Bonchev–Trinajstić information content (AvgIpc) is 2.62. The topological polar surface area (TPSA) is 35.5 Å². The molecule has 2 aliphatic rings. The van der Waals surface area contributed by atoms with Gasteiger partial charge in [-0.15, -0.1) is 0 Å². The number of benzene rings is 2. The van der Waals surface area contributed by atoms with Gasteiger partial charge in [-0.2, -0.15) is 0 Å². The molecule has 0 amide bonds. The van der Waals surface area contributed by atoms with Gasteiger partial charge in [0.1, 0.15) is 11.3 Å². The predicted octanol–water partition coefficient (Wildman–Crippen LogP) is 4.26. The van der Waals surface area contributed by atoms with E-state index in [0.29, 0.717) is 18.8 Å². The predicted molar refractivity (Wildman–Crippen MR) is 93.8 cm³/mol. The fraction of sp³-hybridized carbons (Fsp3) is 0.381. The van der Waals surface area contributed by atoms with Crippen LogP contribution in [0.25, 0.3) is 11.1 Å². The molecule has 1 aliphatic carbocycles. The Kier molecular flexibility index (Phi) is 3.79. The molecule has 3 heteroatoms. The average molecular weight is 322 g/mol. The molecule has 0 radical (unpaired) electrons. The van der Waals surface area contributed by atoms with Gasteiger partial charge in [0.05, 0.1) is 13.2 Å². The summed E-state index contributed by atoms with van der Waals surface area (Å²) in [5.41, 5.74) is 7.91. The highest BCUT2D eigenvalue weighted by atomic mass is 16.5. The SMILES string of the molecule is CCOC(=O)c1c2c(c(C)c3c1-c1ccccc1CC3)CCCO2. The number of esters is 1. The highest BCUT2D eigenvalue weighted by molar-refractivity contribution is 6.03. The maximum absolute atomic E-state index is 12.8. The Bertz CT molecular complexity index is 820. The highest BCUT2D eigenvalue weighted by Gasteiger charge is 2.32. The minimum Gasteiger partial charge on any atom is -0.492 e. The number of carbonyl (C=O) groups is 1. The van der Waals surface area contributed by atoms with Crippen LogP contribution in [0, 0.1) is 6.92 Å². The van der Waals surface area contributed by atoms with Crippen molar-refractivity contribution in [2.24, 2.45) is 0 Å². The minimum atomic E-state index is -0.261. The molecule has 124 valence electrons. The molecule has 0 saturated heterocycles. The fourth-order valence-electron chi connectivity index (χ4n) is 4.09. The molecule has 0 unspecified atom stereocenters. The highest BCUT2D eigenvalue weighted by Crippen LogP contribution is 2.45. The molecule has 0 atom stereocenters. The molecular weight excluding hydrogens is 300 g/mol. The molecule has 0 saturated carbocycles. The first-order valence-electron chi connectivity index (χ1n) is 8.78. The van der Waals surface area contributed by atoms with Crippen molar-refractivity contribution in [3.05, 3.63) is 52.1 Å². The van der Waals surface area contributed by atoms with Crippen LogP contribution in [0.2, 0.25) is 0 Å². The van der Waals surface area contributed by atoms with Crippen molar-refractivity contribution in [1.29, 1.82) is 0 Å². The van der Waals surface area contributed by atoms with Crippen LogP contribution in [-0.4, -0.2) is 19.2 Å². The number of rotatable bonds is 2. The van der Waals surface area contributed by atoms with Crippen molar-refractivity contribution < 1.29 is 14.3 Å². The number of fused-ring (bicyclic) bond motifs is 4. The van der Waals surface area contributed by atoms with Gasteiger partial charge in [-0.3, -0.25) is 0 Å². The molecule has 0 bridgehead atoms. The number of carbonyl (C=O) groups excluding carboxylic acids is 1. The Morgan fingerprint density at radius 1 is 1.17 bits per heavy atom. The quantitative estimate of drug-likeness (QED) is 0.775. The summed E-state index contributed by atoms with van der Waals surface area (Å²) in [6, 6.07) is 8.38. The molecule has 24 heavy (non-hydrogen) atoms. The molecule has 0 fully saturated rings. The second-order valence-electron chi connectivity index (χ2n) is 6.49. The first kappa shape index (κ1) is 15.3. The third-order valence-electron chi connectivity index (χ3n) is 5.19. The number of hydrogen-bond acceptors (Lipinski definition) is 3. The summed E-state index contributed by atoms with van der Waals surface area (Å²) in [4.78, 5) is 12.8. The van der Waals surface area contributed by atoms with E-state index in [2.05, 4.69) is 25.1 Å². The van der Waals surface area contributed by atoms with E-state index in [1.807, 2.05) is 13.0 Å². The van der Waals surface area contributed by atoms with Crippen molar-refractivity contribution in [3.63, 3.8) is 0 Å². The summed E-state index contributed by atoms with van der Waals surface area (Å²) >= 11 is 0. The van der Waals surface area contributed by atoms with E-state index in [1.165, 1.54) is 22.3 Å². The number of hydrogen-bond donors (Lipinski definition) is 0. The summed E-state index contributed by atoms with van der Waals surface area (Å²) in [7, 11) is 0. The van der Waals surface area contributed by atoms with Gasteiger partial charge in [-0.1, -0.05) is 24.3 Å². The number of ether oxygens (including phenoxy) is 2. The lowest BCUT2D eigenvalue weighted by Gasteiger charge is -2.30. The van der Waals surface area contributed by atoms with Gasteiger partial charge < -0.3 is 9.47 Å². The zero-order chi connectivity index (χ0) is 16.7. The van der Waals surface area contributed by atoms with E-state index in [4.69, 9.17) is 9.47 Å². The van der Waals surface area contributed by atoms with Gasteiger partial charge >= 0.3 is 5.97 Å². The third kappa shape index (κ3) is 2.22. The van der Waals surface area contributed by atoms with Crippen LogP contribution in [0.4, 0.5) is 0 Å². The van der Waals surface area contributed by atoms with Gasteiger partial charge in [-0.05, 0) is 67.3 Å². The van der Waals surface area contributed by atoms with Crippen molar-refractivity contribution >= 4 is 5.97 Å². The van der Waals surface area contributed by atoms with Gasteiger partial charge in [0.25, 0.3) is 0 Å². The third-order valence-corrected chi connectivity index (χ3v) is 5.19. The Labute approximate surface area is 142 Å². The van der Waals surface area contributed by atoms with Gasteiger partial charge in [0, 0.05) is 5.56 Å². The zero-order valence-electron chi connectivity index (χ0n) is 14.3. The normalized spacial score (nSPS) is 14.9. The number of aryl methyl sites for hydroxylation is 1. The van der Waals surface area contributed by atoms with E-state index in [0.717, 1.165) is 42.6 Å². The molecule has 3 nitrogen and oxygen atoms in total. The minimum absolute atomic E-state index is 0.261. The molecule has 2 aromatic rings. The zero-order valence-corrected chi connectivity index (χ0v) is 14.3. The van der Waals surface area contributed by atoms with Crippen molar-refractivity contribution in [2.75, 3.05) is 13.2 Å². The van der Waals surface area contributed by atoms with E-state index in [1.54, 1.807) is 0 Å². The fourth-order valence-corrected chi connectivity index (χ4v) is 4.09. The Hall–Kier alpha value is -2.29. The second-order valence-corrected chi connectivity index (χ2v) is 6.49. The summed E-state index contributed by atoms with van der Waals surface area (Å²) in [5, 5.41) is 0. The summed E-state index contributed by atoms with van der Waals surface area (Å²) < 4.78 is 11.4. The van der Waals surface area contributed by atoms with Crippen LogP contribution in [-0.2, 0) is 24.0 Å². The van der Waals surface area contributed by atoms with Crippen molar-refractivity contribution in [2.45, 2.75) is 39.5 Å². The Morgan fingerprint density at radius 3 is 2.83 bits per heavy atom. The van der Waals surface area contributed by atoms with Crippen LogP contribution >= 0.6 is 0 Å². The molecule has 1 aliphatic heterocycles. The summed E-state index contributed by atoms with van der Waals surface area (Å²) in [6.07, 6.45) is 3.97. The van der Waals surface area contributed by atoms with E-state index in [-0.39, 0.29) is 5.97 Å². The van der Waals surface area contributed by atoms with E-state index in [9.17, 15) is 4.79 Å². The van der Waals surface area contributed by atoms with Crippen LogP contribution in [0.1, 0.15) is 46.0 Å². The molecule has 0 aromatic heterocycles. The smallest absolute Gasteiger partial charge is 0.342 e. The lowest BCUT2D eigenvalue weighted by molar-refractivity contribution is 0.0521. The van der Waals surface area contributed by atoms with Gasteiger partial charge in [0.2, 0.25) is 0 Å². The van der Waals surface area contributed by atoms with Crippen LogP contribution < -0.4 is 4.74 Å². The largest absolute Gasteiger partial charge is 0.492 e.